The Morgan fingerprint density at radius 1 is 0.362 bits per heavy atom. The summed E-state index contributed by atoms with van der Waals surface area (Å²) in [7, 11) is 0. The summed E-state index contributed by atoms with van der Waals surface area (Å²) >= 11 is 0. The summed E-state index contributed by atoms with van der Waals surface area (Å²) in [6.45, 7) is 4.69. The molecule has 4 nitrogen and oxygen atoms in total. The average molecular weight is 743 g/mol. The van der Waals surface area contributed by atoms with Crippen LogP contribution in [0.5, 0.6) is 0 Å². The Kier molecular flexibility index (Phi) is 7.80. The van der Waals surface area contributed by atoms with Crippen molar-refractivity contribution >= 4 is 21.8 Å². The molecule has 58 heavy (non-hydrogen) atoms. The van der Waals surface area contributed by atoms with E-state index in [2.05, 4.69) is 188 Å². The molecule has 0 atom stereocenters. The summed E-state index contributed by atoms with van der Waals surface area (Å²) in [5.41, 5.74) is 16.3. The molecule has 0 spiro atoms. The molecule has 11 rings (SSSR count). The lowest BCUT2D eigenvalue weighted by Crippen LogP contribution is -2.14. The molecule has 0 N–H and O–H groups in total. The van der Waals surface area contributed by atoms with Gasteiger partial charge in [0.15, 0.2) is 17.5 Å². The molecule has 1 aliphatic carbocycles. The molecule has 1 aliphatic rings. The molecule has 2 heterocycles. The van der Waals surface area contributed by atoms with Crippen molar-refractivity contribution in [2.24, 2.45) is 0 Å². The van der Waals surface area contributed by atoms with E-state index in [-0.39, 0.29) is 5.41 Å². The Hall–Kier alpha value is -7.43. The van der Waals surface area contributed by atoms with Crippen molar-refractivity contribution < 1.29 is 0 Å². The zero-order valence-corrected chi connectivity index (χ0v) is 32.3. The van der Waals surface area contributed by atoms with Crippen LogP contribution in [0.15, 0.2) is 194 Å². The maximum absolute atomic E-state index is 5.15. The standard InChI is InChI=1S/C54H38N4/c1-54(2)46-23-13-12-21-44(46)50-42(22-14-24-47(50)54)39-30-32-48-45(33-39)43-31-29-40(34-49(43)58(48)41-19-10-5-11-20-41)53-56-51(37-17-8-4-9-18-37)55-52(57-53)38-27-25-36(26-28-38)35-15-6-3-7-16-35/h3-34H,1-2H3. The van der Waals surface area contributed by atoms with Gasteiger partial charge in [0.1, 0.15) is 0 Å². The third kappa shape index (κ3) is 5.48. The Morgan fingerprint density at radius 3 is 1.60 bits per heavy atom. The van der Waals surface area contributed by atoms with Gasteiger partial charge in [0, 0.05) is 38.6 Å². The first-order valence-electron chi connectivity index (χ1n) is 19.9. The number of aromatic nitrogens is 4. The molecule has 0 bridgehead atoms. The fourth-order valence-corrected chi connectivity index (χ4v) is 8.97. The third-order valence-electron chi connectivity index (χ3n) is 11.9. The van der Waals surface area contributed by atoms with Crippen molar-refractivity contribution in [2.45, 2.75) is 19.3 Å². The van der Waals surface area contributed by atoms with Gasteiger partial charge in [-0.3, -0.25) is 0 Å². The summed E-state index contributed by atoms with van der Waals surface area (Å²) in [5.74, 6) is 1.91. The second kappa shape index (κ2) is 13.4. The van der Waals surface area contributed by atoms with E-state index in [9.17, 15) is 0 Å². The van der Waals surface area contributed by atoms with Gasteiger partial charge in [0.25, 0.3) is 0 Å². The van der Waals surface area contributed by atoms with Crippen molar-refractivity contribution in [2.75, 3.05) is 0 Å². The molecule has 0 saturated carbocycles. The van der Waals surface area contributed by atoms with E-state index in [1.165, 1.54) is 49.7 Å². The maximum Gasteiger partial charge on any atom is 0.164 e. The van der Waals surface area contributed by atoms with Gasteiger partial charge >= 0.3 is 0 Å². The summed E-state index contributed by atoms with van der Waals surface area (Å²) in [4.78, 5) is 15.3. The third-order valence-corrected chi connectivity index (χ3v) is 11.9. The number of hydrogen-bond donors (Lipinski definition) is 0. The Morgan fingerprint density at radius 2 is 0.879 bits per heavy atom. The molecule has 0 unspecified atom stereocenters. The minimum Gasteiger partial charge on any atom is -0.309 e. The number of hydrogen-bond acceptors (Lipinski definition) is 3. The Bertz CT molecular complexity index is 3160. The number of para-hydroxylation sites is 1. The van der Waals surface area contributed by atoms with Crippen LogP contribution in [0.4, 0.5) is 0 Å². The molecular formula is C54H38N4. The van der Waals surface area contributed by atoms with Crippen LogP contribution >= 0.6 is 0 Å². The molecule has 10 aromatic rings. The summed E-state index contributed by atoms with van der Waals surface area (Å²) in [6, 6.07) is 69.0. The van der Waals surface area contributed by atoms with Gasteiger partial charge in [0.2, 0.25) is 0 Å². The highest BCUT2D eigenvalue weighted by Crippen LogP contribution is 2.52. The summed E-state index contributed by atoms with van der Waals surface area (Å²) in [5, 5.41) is 2.37. The number of nitrogens with zero attached hydrogens (tertiary/aromatic N) is 4. The first kappa shape index (κ1) is 33.9. The maximum atomic E-state index is 5.15. The lowest BCUT2D eigenvalue weighted by Gasteiger charge is -2.21. The van der Waals surface area contributed by atoms with E-state index in [1.54, 1.807) is 0 Å². The van der Waals surface area contributed by atoms with Crippen molar-refractivity contribution in [1.29, 1.82) is 0 Å². The molecule has 8 aromatic carbocycles. The van der Waals surface area contributed by atoms with E-state index in [0.717, 1.165) is 39.0 Å². The van der Waals surface area contributed by atoms with E-state index in [0.29, 0.717) is 17.5 Å². The minimum absolute atomic E-state index is 0.0628. The number of rotatable bonds is 6. The van der Waals surface area contributed by atoms with Gasteiger partial charge < -0.3 is 4.57 Å². The molecule has 0 aliphatic heterocycles. The highest BCUT2D eigenvalue weighted by molar-refractivity contribution is 6.12. The predicted molar refractivity (Wildman–Crippen MR) is 239 cm³/mol. The molecule has 4 heteroatoms. The predicted octanol–water partition coefficient (Wildman–Crippen LogP) is 13.6. The zero-order chi connectivity index (χ0) is 38.8. The highest BCUT2D eigenvalue weighted by Gasteiger charge is 2.36. The Labute approximate surface area is 337 Å². The van der Waals surface area contributed by atoms with Gasteiger partial charge in [-0.15, -0.1) is 0 Å². The number of benzene rings is 8. The van der Waals surface area contributed by atoms with Crippen LogP contribution in [0, 0.1) is 0 Å². The van der Waals surface area contributed by atoms with E-state index < -0.39 is 0 Å². The quantitative estimate of drug-likeness (QED) is 0.170. The summed E-state index contributed by atoms with van der Waals surface area (Å²) in [6.07, 6.45) is 0. The Balaban J connectivity index is 1.09. The molecule has 0 saturated heterocycles. The second-order valence-corrected chi connectivity index (χ2v) is 15.6. The molecule has 0 amide bonds. The average Bonchev–Trinajstić information content (AvgIpc) is 3.74. The molecule has 274 valence electrons. The fourth-order valence-electron chi connectivity index (χ4n) is 8.97. The smallest absolute Gasteiger partial charge is 0.164 e. The number of fused-ring (bicyclic) bond motifs is 6. The van der Waals surface area contributed by atoms with Crippen LogP contribution in [0.2, 0.25) is 0 Å². The van der Waals surface area contributed by atoms with Crippen LogP contribution in [0.3, 0.4) is 0 Å². The van der Waals surface area contributed by atoms with Crippen LogP contribution < -0.4 is 0 Å². The van der Waals surface area contributed by atoms with Gasteiger partial charge in [-0.1, -0.05) is 178 Å². The second-order valence-electron chi connectivity index (χ2n) is 15.6. The van der Waals surface area contributed by atoms with Crippen molar-refractivity contribution in [3.63, 3.8) is 0 Å². The van der Waals surface area contributed by atoms with E-state index >= 15 is 0 Å². The lowest BCUT2D eigenvalue weighted by atomic mass is 9.82. The topological polar surface area (TPSA) is 43.6 Å². The molecule has 0 radical (unpaired) electrons. The molecule has 2 aromatic heterocycles. The van der Waals surface area contributed by atoms with Crippen LogP contribution in [-0.4, -0.2) is 19.5 Å². The van der Waals surface area contributed by atoms with Crippen molar-refractivity contribution in [1.82, 2.24) is 19.5 Å². The van der Waals surface area contributed by atoms with Crippen molar-refractivity contribution in [3.8, 4) is 73.2 Å². The van der Waals surface area contributed by atoms with E-state index in [1.807, 2.05) is 24.3 Å². The molecular weight excluding hydrogens is 705 g/mol. The summed E-state index contributed by atoms with van der Waals surface area (Å²) < 4.78 is 2.37. The van der Waals surface area contributed by atoms with Gasteiger partial charge in [-0.25, -0.2) is 15.0 Å². The van der Waals surface area contributed by atoms with Crippen LogP contribution in [-0.2, 0) is 5.41 Å². The van der Waals surface area contributed by atoms with Gasteiger partial charge in [-0.05, 0) is 74.8 Å². The van der Waals surface area contributed by atoms with E-state index in [4.69, 9.17) is 15.0 Å². The van der Waals surface area contributed by atoms with Gasteiger partial charge in [-0.2, -0.15) is 0 Å². The first-order valence-corrected chi connectivity index (χ1v) is 19.9. The fraction of sp³-hybridized carbons (Fsp3) is 0.0556. The lowest BCUT2D eigenvalue weighted by molar-refractivity contribution is 0.660. The largest absolute Gasteiger partial charge is 0.309 e. The zero-order valence-electron chi connectivity index (χ0n) is 32.3. The normalized spacial score (nSPS) is 12.8. The van der Waals surface area contributed by atoms with Crippen LogP contribution in [0.25, 0.3) is 95.0 Å². The van der Waals surface area contributed by atoms with Crippen LogP contribution in [0.1, 0.15) is 25.0 Å². The molecule has 0 fully saturated rings. The SMILES string of the molecule is CC1(C)c2ccccc2-c2c(-c3ccc4c(c3)c3ccc(-c5nc(-c6ccccc6)nc(-c6ccc(-c7ccccc7)cc6)n5)cc3n4-c3ccccc3)cccc21. The first-order chi connectivity index (χ1) is 28.5. The minimum atomic E-state index is -0.0628. The monoisotopic (exact) mass is 742 g/mol. The highest BCUT2D eigenvalue weighted by atomic mass is 15.0. The van der Waals surface area contributed by atoms with Crippen molar-refractivity contribution in [3.05, 3.63) is 205 Å². The van der Waals surface area contributed by atoms with Gasteiger partial charge in [0.05, 0.1) is 11.0 Å².